The van der Waals surface area contributed by atoms with Crippen molar-refractivity contribution in [3.8, 4) is 0 Å². The van der Waals surface area contributed by atoms with E-state index >= 15 is 0 Å². The van der Waals surface area contributed by atoms with E-state index < -0.39 is 5.97 Å². The molecule has 0 unspecified atom stereocenters. The molecule has 0 aliphatic carbocycles. The number of methoxy groups -OCH3 is 1. The number of rotatable bonds is 6. The third-order valence-electron chi connectivity index (χ3n) is 3.19. The third-order valence-corrected chi connectivity index (χ3v) is 3.19. The Kier molecular flexibility index (Phi) is 5.62. The van der Waals surface area contributed by atoms with E-state index in [0.29, 0.717) is 19.5 Å². The van der Waals surface area contributed by atoms with Gasteiger partial charge in [0.15, 0.2) is 0 Å². The second-order valence-electron chi connectivity index (χ2n) is 4.73. The number of carbonyl (C=O) groups is 2. The molecule has 1 N–H and O–H groups in total. The number of carbonyl (C=O) groups excluding carboxylic acids is 2. The molecule has 0 bridgehead atoms. The highest BCUT2D eigenvalue weighted by molar-refractivity contribution is 6.05. The van der Waals surface area contributed by atoms with Gasteiger partial charge in [-0.2, -0.15) is 5.10 Å². The van der Waals surface area contributed by atoms with Gasteiger partial charge in [-0.25, -0.2) is 9.48 Å². The van der Waals surface area contributed by atoms with E-state index in [2.05, 4.69) is 15.2 Å². The number of esters is 1. The zero-order chi connectivity index (χ0) is 16.7. The third kappa shape index (κ3) is 4.26. The van der Waals surface area contributed by atoms with E-state index in [-0.39, 0.29) is 22.6 Å². The summed E-state index contributed by atoms with van der Waals surface area (Å²) in [5.74, 6) is -0.921. The Bertz CT molecular complexity index is 755. The van der Waals surface area contributed by atoms with Gasteiger partial charge in [-0.15, -0.1) is 0 Å². The molecule has 0 fully saturated rings. The predicted octanol–water partition coefficient (Wildman–Crippen LogP) is 0.850. The molecule has 120 valence electrons. The molecule has 2 rings (SSSR count). The number of benzene rings is 1. The van der Waals surface area contributed by atoms with Crippen molar-refractivity contribution in [3.63, 3.8) is 0 Å². The molecule has 0 aliphatic rings. The summed E-state index contributed by atoms with van der Waals surface area (Å²) in [6.07, 6.45) is 2.08. The van der Waals surface area contributed by atoms with Crippen LogP contribution in [-0.4, -0.2) is 35.3 Å². The first-order valence-corrected chi connectivity index (χ1v) is 7.11. The first kappa shape index (κ1) is 16.4. The first-order chi connectivity index (χ1) is 11.1. The molecule has 7 heteroatoms. The van der Waals surface area contributed by atoms with Crippen molar-refractivity contribution >= 4 is 11.9 Å². The molecule has 23 heavy (non-hydrogen) atoms. The summed E-state index contributed by atoms with van der Waals surface area (Å²) in [7, 11) is 1.27. The number of aryl methyl sites for hydroxylation is 1. The minimum atomic E-state index is -0.559. The molecule has 7 nitrogen and oxygen atoms in total. The zero-order valence-corrected chi connectivity index (χ0v) is 12.7. The van der Waals surface area contributed by atoms with Crippen LogP contribution in [0.15, 0.2) is 47.4 Å². The van der Waals surface area contributed by atoms with Crippen molar-refractivity contribution in [2.24, 2.45) is 0 Å². The topological polar surface area (TPSA) is 90.3 Å². The van der Waals surface area contributed by atoms with Crippen molar-refractivity contribution in [2.45, 2.75) is 13.0 Å². The second-order valence-corrected chi connectivity index (χ2v) is 4.73. The number of amides is 1. The van der Waals surface area contributed by atoms with E-state index in [1.54, 1.807) is 24.3 Å². The van der Waals surface area contributed by atoms with Crippen LogP contribution in [0, 0.1) is 0 Å². The quantitative estimate of drug-likeness (QED) is 0.630. The maximum Gasteiger partial charge on any atom is 0.338 e. The Morgan fingerprint density at radius 3 is 2.61 bits per heavy atom. The van der Waals surface area contributed by atoms with Crippen LogP contribution >= 0.6 is 0 Å². The fraction of sp³-hybridized carbons (Fsp3) is 0.250. The average molecular weight is 315 g/mol. The first-order valence-electron chi connectivity index (χ1n) is 7.11. The van der Waals surface area contributed by atoms with E-state index in [9.17, 15) is 14.4 Å². The minimum Gasteiger partial charge on any atom is -0.465 e. The lowest BCUT2D eigenvalue weighted by atomic mass is 10.1. The smallest absolute Gasteiger partial charge is 0.338 e. The maximum atomic E-state index is 12.2. The Morgan fingerprint density at radius 1 is 1.17 bits per heavy atom. The van der Waals surface area contributed by atoms with Crippen LogP contribution in [0.4, 0.5) is 0 Å². The predicted molar refractivity (Wildman–Crippen MR) is 83.2 cm³/mol. The van der Waals surface area contributed by atoms with E-state index in [1.807, 2.05) is 0 Å². The average Bonchev–Trinajstić information content (AvgIpc) is 2.59. The van der Waals surface area contributed by atoms with Crippen LogP contribution in [0.25, 0.3) is 0 Å². The fourth-order valence-electron chi connectivity index (χ4n) is 2.05. The van der Waals surface area contributed by atoms with Crippen molar-refractivity contribution < 1.29 is 14.3 Å². The van der Waals surface area contributed by atoms with Gasteiger partial charge in [0, 0.05) is 25.4 Å². The van der Waals surface area contributed by atoms with Gasteiger partial charge in [0.2, 0.25) is 0 Å². The van der Waals surface area contributed by atoms with Gasteiger partial charge in [0.1, 0.15) is 0 Å². The second kappa shape index (κ2) is 7.88. The lowest BCUT2D eigenvalue weighted by molar-refractivity contribution is 0.0596. The van der Waals surface area contributed by atoms with Crippen LogP contribution < -0.4 is 10.9 Å². The Hall–Kier alpha value is -2.96. The number of nitrogens with one attached hydrogen (secondary N) is 1. The molecular formula is C16H17N3O4. The summed E-state index contributed by atoms with van der Waals surface area (Å²) in [6.45, 7) is 0.760. The fourth-order valence-corrected chi connectivity index (χ4v) is 2.05. The van der Waals surface area contributed by atoms with Gasteiger partial charge < -0.3 is 10.1 Å². The van der Waals surface area contributed by atoms with Gasteiger partial charge in [-0.1, -0.05) is 12.1 Å². The van der Waals surface area contributed by atoms with Crippen molar-refractivity contribution in [1.29, 1.82) is 0 Å². The molecule has 2 aromatic rings. The number of hydrogen-bond donors (Lipinski definition) is 1. The Morgan fingerprint density at radius 2 is 1.91 bits per heavy atom. The van der Waals surface area contributed by atoms with Crippen LogP contribution in [0.3, 0.4) is 0 Å². The van der Waals surface area contributed by atoms with Gasteiger partial charge in [0.25, 0.3) is 11.5 Å². The molecule has 0 saturated heterocycles. The molecule has 1 aromatic heterocycles. The molecule has 0 spiro atoms. The SMILES string of the molecule is COC(=O)c1ccccc1C(=O)NCCCn1ncccc1=O. The largest absolute Gasteiger partial charge is 0.465 e. The highest BCUT2D eigenvalue weighted by Crippen LogP contribution is 2.10. The van der Waals surface area contributed by atoms with Crippen LogP contribution in [-0.2, 0) is 11.3 Å². The van der Waals surface area contributed by atoms with Crippen molar-refractivity contribution in [2.75, 3.05) is 13.7 Å². The molecule has 1 amide bonds. The standard InChI is InChI=1S/C16H17N3O4/c1-23-16(22)13-7-3-2-6-12(13)15(21)17-9-5-11-19-14(20)8-4-10-18-19/h2-4,6-8,10H,5,9,11H2,1H3,(H,17,21). The number of hydrogen-bond acceptors (Lipinski definition) is 5. The normalized spacial score (nSPS) is 10.1. The lowest BCUT2D eigenvalue weighted by Gasteiger charge is -2.09. The van der Waals surface area contributed by atoms with Crippen molar-refractivity contribution in [3.05, 3.63) is 64.1 Å². The van der Waals surface area contributed by atoms with E-state index in [1.165, 1.54) is 30.1 Å². The number of aromatic nitrogens is 2. The summed E-state index contributed by atoms with van der Waals surface area (Å²) in [6, 6.07) is 9.44. The summed E-state index contributed by atoms with van der Waals surface area (Å²) in [5.41, 5.74) is 0.290. The Balaban J connectivity index is 1.92. The van der Waals surface area contributed by atoms with Gasteiger partial charge in [-0.3, -0.25) is 9.59 Å². The molecule has 1 heterocycles. The zero-order valence-electron chi connectivity index (χ0n) is 12.7. The molecule has 0 atom stereocenters. The van der Waals surface area contributed by atoms with Crippen molar-refractivity contribution in [1.82, 2.24) is 15.1 Å². The number of ether oxygens (including phenoxy) is 1. The van der Waals surface area contributed by atoms with Gasteiger partial charge in [-0.05, 0) is 24.6 Å². The molecular weight excluding hydrogens is 298 g/mol. The molecule has 0 radical (unpaired) electrons. The molecule has 0 saturated carbocycles. The van der Waals surface area contributed by atoms with Crippen LogP contribution in [0.1, 0.15) is 27.1 Å². The Labute approximate surface area is 132 Å². The highest BCUT2D eigenvalue weighted by atomic mass is 16.5. The van der Waals surface area contributed by atoms with Crippen LogP contribution in [0.5, 0.6) is 0 Å². The summed E-state index contributed by atoms with van der Waals surface area (Å²) in [5, 5.41) is 6.65. The number of nitrogens with zero attached hydrogens (tertiary/aromatic N) is 2. The summed E-state index contributed by atoms with van der Waals surface area (Å²) >= 11 is 0. The minimum absolute atomic E-state index is 0.185. The highest BCUT2D eigenvalue weighted by Gasteiger charge is 2.16. The maximum absolute atomic E-state index is 12.2. The van der Waals surface area contributed by atoms with E-state index in [0.717, 1.165) is 0 Å². The molecule has 0 aliphatic heterocycles. The van der Waals surface area contributed by atoms with Crippen LogP contribution in [0.2, 0.25) is 0 Å². The van der Waals surface area contributed by atoms with E-state index in [4.69, 9.17) is 0 Å². The van der Waals surface area contributed by atoms with Gasteiger partial charge >= 0.3 is 5.97 Å². The summed E-state index contributed by atoms with van der Waals surface area (Å²) in [4.78, 5) is 35.3. The monoisotopic (exact) mass is 315 g/mol. The van der Waals surface area contributed by atoms with Gasteiger partial charge in [0.05, 0.1) is 18.2 Å². The molecule has 1 aromatic carbocycles. The lowest BCUT2D eigenvalue weighted by Crippen LogP contribution is -2.29. The summed E-state index contributed by atoms with van der Waals surface area (Å²) < 4.78 is 5.99.